The van der Waals surface area contributed by atoms with Crippen molar-refractivity contribution in [3.63, 3.8) is 0 Å². The molecule has 0 amide bonds. The Hall–Kier alpha value is -0.520. The Balaban J connectivity index is 0. The van der Waals surface area contributed by atoms with E-state index in [-0.39, 0.29) is 29.6 Å². The maximum Gasteiger partial charge on any atom is 1.00 e. The van der Waals surface area contributed by atoms with E-state index in [1.165, 1.54) is 4.74 Å². The Bertz CT molecular complexity index is 484. The van der Waals surface area contributed by atoms with E-state index in [1.54, 1.807) is 4.74 Å². The molecule has 18 heteroatoms. The normalized spacial score (nSPS) is 18.8. The van der Waals surface area contributed by atoms with Crippen molar-refractivity contribution in [2.75, 3.05) is 0 Å². The summed E-state index contributed by atoms with van der Waals surface area (Å²) in [4.78, 5) is 9.88. The van der Waals surface area contributed by atoms with Crippen LogP contribution in [-0.2, 0) is 14.3 Å². The van der Waals surface area contributed by atoms with E-state index >= 15 is 0 Å². The second kappa shape index (κ2) is 7.24. The topological polar surface area (TPSA) is 58.6 Å². The van der Waals surface area contributed by atoms with Gasteiger partial charge in [-0.1, -0.05) is 0 Å². The van der Waals surface area contributed by atoms with Crippen molar-refractivity contribution in [3.8, 4) is 0 Å². The maximum absolute atomic E-state index is 13.1. The van der Waals surface area contributed by atoms with Crippen LogP contribution in [0.5, 0.6) is 0 Å². The van der Waals surface area contributed by atoms with Gasteiger partial charge in [0.2, 0.25) is 0 Å². The predicted molar refractivity (Wildman–Crippen MR) is 38.0 cm³/mol. The van der Waals surface area contributed by atoms with Gasteiger partial charge in [-0.25, -0.2) is 4.74 Å². The number of halogens is 13. The van der Waals surface area contributed by atoms with Crippen molar-refractivity contribution in [2.45, 2.75) is 36.5 Å². The average Bonchev–Trinajstić information content (AvgIpc) is 2.21. The molecule has 0 radical (unpaired) electrons. The third kappa shape index (κ3) is 5.48. The smallest absolute Gasteiger partial charge is 0.544 e. The average molecular weight is 418 g/mol. The molecule has 0 N–H and O–H groups in total. The second-order valence-electron chi connectivity index (χ2n) is 3.64. The van der Waals surface area contributed by atoms with Gasteiger partial charge in [0.05, 0.1) is 0 Å². The zero-order valence-electron chi connectivity index (χ0n) is 11.0. The van der Waals surface area contributed by atoms with Gasteiger partial charge >= 0.3 is 66.1 Å². The molecule has 0 aliphatic heterocycles. The van der Waals surface area contributed by atoms with Crippen molar-refractivity contribution >= 4 is 5.97 Å². The minimum absolute atomic E-state index is 0. The summed E-state index contributed by atoms with van der Waals surface area (Å²) < 4.78 is 162. The van der Waals surface area contributed by atoms with Crippen LogP contribution in [0.3, 0.4) is 0 Å². The molecular weight excluding hydrogens is 418 g/mol. The fourth-order valence-corrected chi connectivity index (χ4v) is 0.899. The third-order valence-corrected chi connectivity index (χ3v) is 1.89. The number of aliphatic carboxylic acids is 1. The van der Waals surface area contributed by atoms with Gasteiger partial charge in [-0.3, -0.25) is 4.74 Å². The first-order chi connectivity index (χ1) is 10.1. The number of carbonyl (C=O) groups is 1. The van der Waals surface area contributed by atoms with E-state index in [9.17, 15) is 67.0 Å². The number of ether oxygens (including phenoxy) is 2. The summed E-state index contributed by atoms with van der Waals surface area (Å²) in [6.07, 6.45) is -28.9. The van der Waals surface area contributed by atoms with E-state index in [1.807, 2.05) is 0 Å². The molecular formula is C7F13NaO4. The van der Waals surface area contributed by atoms with E-state index in [2.05, 4.69) is 0 Å². The first-order valence-corrected chi connectivity index (χ1v) is 4.68. The molecule has 0 saturated carbocycles. The molecule has 0 aromatic rings. The Morgan fingerprint density at radius 3 is 1.24 bits per heavy atom. The molecule has 0 spiro atoms. The minimum atomic E-state index is -7.48. The van der Waals surface area contributed by atoms with Crippen molar-refractivity contribution in [3.05, 3.63) is 0 Å². The molecule has 0 aliphatic rings. The fraction of sp³-hybridized carbons (Fsp3) is 0.857. The predicted octanol–water partition coefficient (Wildman–Crippen LogP) is -0.658. The van der Waals surface area contributed by atoms with Gasteiger partial charge in [0.15, 0.2) is 0 Å². The van der Waals surface area contributed by atoms with Crippen LogP contribution in [0.15, 0.2) is 0 Å². The number of hydrogen-bond acceptors (Lipinski definition) is 4. The third-order valence-electron chi connectivity index (χ3n) is 1.89. The Morgan fingerprint density at radius 1 is 0.680 bits per heavy atom. The zero-order chi connectivity index (χ0) is 20.0. The summed E-state index contributed by atoms with van der Waals surface area (Å²) in [6, 6.07) is 0. The molecule has 2 unspecified atom stereocenters. The summed E-state index contributed by atoms with van der Waals surface area (Å²) in [7, 11) is 0. The van der Waals surface area contributed by atoms with E-state index in [0.717, 1.165) is 0 Å². The molecule has 0 aliphatic carbocycles. The van der Waals surface area contributed by atoms with Gasteiger partial charge in [-0.2, -0.15) is 43.9 Å². The molecule has 0 bridgehead atoms. The molecule has 0 rings (SSSR count). The van der Waals surface area contributed by atoms with Gasteiger partial charge < -0.3 is 9.90 Å². The van der Waals surface area contributed by atoms with Crippen molar-refractivity contribution in [1.29, 1.82) is 0 Å². The van der Waals surface area contributed by atoms with Crippen LogP contribution in [0.25, 0.3) is 0 Å². The number of carbonyl (C=O) groups excluding carboxylic acids is 1. The van der Waals surface area contributed by atoms with E-state index in [4.69, 9.17) is 0 Å². The summed E-state index contributed by atoms with van der Waals surface area (Å²) in [5, 5.41) is 9.88. The summed E-state index contributed by atoms with van der Waals surface area (Å²) in [6.45, 7) is 0. The first kappa shape index (κ1) is 26.7. The van der Waals surface area contributed by atoms with Crippen LogP contribution in [0.2, 0.25) is 0 Å². The van der Waals surface area contributed by atoms with Crippen LogP contribution in [0, 0.1) is 0 Å². The SMILES string of the molecule is O=C([O-])C(F)(OC(F)(F)C(F)(OC(F)(F)F)C(F)(F)F)C(F)(F)F.[Na+]. The Morgan fingerprint density at radius 2 is 1.04 bits per heavy atom. The first-order valence-electron chi connectivity index (χ1n) is 4.68. The minimum Gasteiger partial charge on any atom is -0.544 e. The molecule has 0 fully saturated rings. The molecule has 0 heterocycles. The van der Waals surface area contributed by atoms with Crippen molar-refractivity contribution in [1.82, 2.24) is 0 Å². The van der Waals surface area contributed by atoms with Crippen LogP contribution in [0.4, 0.5) is 57.1 Å². The summed E-state index contributed by atoms with van der Waals surface area (Å²) in [5.74, 6) is -18.5. The molecule has 0 saturated heterocycles. The second-order valence-corrected chi connectivity index (χ2v) is 3.64. The Kier molecular flexibility index (Phi) is 7.74. The molecule has 0 aromatic heterocycles. The van der Waals surface area contributed by atoms with Crippen LogP contribution in [0.1, 0.15) is 0 Å². The molecule has 4 nitrogen and oxygen atoms in total. The fourth-order valence-electron chi connectivity index (χ4n) is 0.899. The van der Waals surface area contributed by atoms with Crippen molar-refractivity contribution < 1.29 is 106 Å². The van der Waals surface area contributed by atoms with Crippen LogP contribution in [-0.4, -0.2) is 42.5 Å². The van der Waals surface area contributed by atoms with Gasteiger partial charge in [0, 0.05) is 0 Å². The number of rotatable bonds is 5. The van der Waals surface area contributed by atoms with Crippen LogP contribution < -0.4 is 34.7 Å². The number of carboxylic acid groups (broad SMARTS) is 1. The standard InChI is InChI=1S/C7HF13O4.Na/c8-2(1(21)22,4(10,11)12)23-6(16,17)3(9,5(13,14)15)24-7(18,19)20;/h(H,21,22);/q;+1/p-1. The molecule has 2 atom stereocenters. The van der Waals surface area contributed by atoms with Crippen molar-refractivity contribution in [2.24, 2.45) is 0 Å². The van der Waals surface area contributed by atoms with Gasteiger partial charge in [-0.05, 0) is 0 Å². The number of alkyl halides is 13. The van der Waals surface area contributed by atoms with Gasteiger partial charge in [0.25, 0.3) is 0 Å². The quantitative estimate of drug-likeness (QED) is 0.440. The van der Waals surface area contributed by atoms with E-state index in [0.29, 0.717) is 0 Å². The number of carboxylic acids is 1. The number of hydrogen-bond donors (Lipinski definition) is 0. The molecule has 0 aromatic carbocycles. The molecule has 25 heavy (non-hydrogen) atoms. The largest absolute Gasteiger partial charge is 1.00 e. The van der Waals surface area contributed by atoms with Gasteiger partial charge in [0.1, 0.15) is 5.97 Å². The monoisotopic (exact) mass is 418 g/mol. The Labute approximate surface area is 149 Å². The molecule has 144 valence electrons. The van der Waals surface area contributed by atoms with Gasteiger partial charge in [-0.15, -0.1) is 13.2 Å². The van der Waals surface area contributed by atoms with E-state index < -0.39 is 42.5 Å². The zero-order valence-corrected chi connectivity index (χ0v) is 13.0. The summed E-state index contributed by atoms with van der Waals surface area (Å²) in [5.41, 5.74) is 0. The summed E-state index contributed by atoms with van der Waals surface area (Å²) >= 11 is 0. The van der Waals surface area contributed by atoms with Crippen LogP contribution >= 0.6 is 0 Å². The maximum atomic E-state index is 13.1.